The number of likely N-dealkylation sites (N-methyl/N-ethyl adjacent to an activating group) is 1. The van der Waals surface area contributed by atoms with Crippen molar-refractivity contribution in [3.63, 3.8) is 0 Å². The van der Waals surface area contributed by atoms with Crippen molar-refractivity contribution in [1.29, 1.82) is 0 Å². The fraction of sp³-hybridized carbons (Fsp3) is 0.776. The van der Waals surface area contributed by atoms with Crippen LogP contribution in [0.5, 0.6) is 0 Å². The SMILES string of the molecule is CO[C@]1(C)C[C@H](O[C@H]2[C@H](C)[C@@H](O[C@@H]3O[C@H](C)C[C@H](N)[C@H]3O)[C@@](C)(OC)C[C@@H](C)[C@H](O)[C@H](C)N3CC(C3)OC(=O)[C@@H]2C)O[C@@H](C)[C@@H]1OCCN(C)CCCc1ccc2c(c1)c(=O)c(C(=O)O)cn2N. The Hall–Kier alpha value is -3.31. The van der Waals surface area contributed by atoms with Crippen molar-refractivity contribution in [2.24, 2.45) is 23.5 Å². The number of ether oxygens (including phenoxy) is 8. The van der Waals surface area contributed by atoms with Crippen LogP contribution >= 0.6 is 0 Å². The summed E-state index contributed by atoms with van der Waals surface area (Å²) < 4.78 is 52.9. The van der Waals surface area contributed by atoms with E-state index in [1.54, 1.807) is 33.3 Å². The van der Waals surface area contributed by atoms with Gasteiger partial charge in [-0.25, -0.2) is 4.79 Å². The van der Waals surface area contributed by atoms with Crippen molar-refractivity contribution in [3.05, 3.63) is 45.7 Å². The first-order valence-electron chi connectivity index (χ1n) is 24.3. The summed E-state index contributed by atoms with van der Waals surface area (Å²) in [6, 6.07) is 4.55. The molecule has 68 heavy (non-hydrogen) atoms. The molecule has 0 radical (unpaired) electrons. The van der Waals surface area contributed by atoms with Crippen LogP contribution < -0.4 is 17.0 Å². The molecule has 7 N–H and O–H groups in total. The number of aryl methyl sites for hydroxylation is 1. The van der Waals surface area contributed by atoms with Gasteiger partial charge in [-0.15, -0.1) is 0 Å². The fourth-order valence-corrected chi connectivity index (χ4v) is 10.9. The zero-order valence-electron chi connectivity index (χ0n) is 41.9. The predicted octanol–water partition coefficient (Wildman–Crippen LogP) is 2.49. The normalized spacial score (nSPS) is 39.5. The average molecular weight is 962 g/mol. The molecule has 7 rings (SSSR count). The molecule has 5 aliphatic rings. The van der Waals surface area contributed by atoms with Crippen molar-refractivity contribution >= 4 is 22.8 Å². The molecule has 0 unspecified atom stereocenters. The number of aliphatic hydroxyl groups is 2. The number of esters is 1. The molecule has 19 nitrogen and oxygen atoms in total. The smallest absolute Gasteiger partial charge is 0.341 e. The minimum absolute atomic E-state index is 0.200. The lowest BCUT2D eigenvalue weighted by molar-refractivity contribution is -0.320. The molecule has 0 spiro atoms. The zero-order valence-corrected chi connectivity index (χ0v) is 41.9. The molecule has 5 saturated heterocycles. The van der Waals surface area contributed by atoms with E-state index in [0.29, 0.717) is 51.0 Å². The Morgan fingerprint density at radius 3 is 2.28 bits per heavy atom. The summed E-state index contributed by atoms with van der Waals surface area (Å²) in [6.45, 7) is 18.1. The van der Waals surface area contributed by atoms with Crippen LogP contribution in [-0.2, 0) is 49.1 Å². The predicted molar refractivity (Wildman–Crippen MR) is 252 cm³/mol. The van der Waals surface area contributed by atoms with Gasteiger partial charge in [-0.3, -0.25) is 19.2 Å². The maximum Gasteiger partial charge on any atom is 0.341 e. The second kappa shape index (κ2) is 22.4. The van der Waals surface area contributed by atoms with Gasteiger partial charge >= 0.3 is 11.9 Å². The molecule has 2 aromatic rings. The Bertz CT molecular complexity index is 2090. The third-order valence-electron chi connectivity index (χ3n) is 15.3. The van der Waals surface area contributed by atoms with Crippen molar-refractivity contribution in [2.75, 3.05) is 59.9 Å². The molecule has 0 amide bonds. The summed E-state index contributed by atoms with van der Waals surface area (Å²) in [7, 11) is 5.23. The lowest BCUT2D eigenvalue weighted by Gasteiger charge is -2.51. The Morgan fingerprint density at radius 2 is 1.62 bits per heavy atom. The maximum atomic E-state index is 14.1. The highest BCUT2D eigenvalue weighted by atomic mass is 16.7. The second-order valence-electron chi connectivity index (χ2n) is 20.6. The third kappa shape index (κ3) is 11.9. The molecule has 0 saturated carbocycles. The topological polar surface area (TPSA) is 249 Å². The Labute approximate surface area is 400 Å². The molecule has 1 aromatic carbocycles. The van der Waals surface area contributed by atoms with Crippen molar-refractivity contribution in [2.45, 2.75) is 172 Å². The molecule has 6 heterocycles. The first-order valence-corrected chi connectivity index (χ1v) is 24.3. The number of hydrogen-bond donors (Lipinski definition) is 5. The number of nitrogens with zero attached hydrogens (tertiary/aromatic N) is 3. The number of hydrogen-bond acceptors (Lipinski definition) is 17. The number of nitrogens with two attached hydrogens (primary N) is 2. The number of fused-ring (bicyclic) bond motifs is 11. The average Bonchev–Trinajstić information content (AvgIpc) is 3.27. The van der Waals surface area contributed by atoms with Gasteiger partial charge in [0.25, 0.3) is 0 Å². The highest BCUT2D eigenvalue weighted by Crippen LogP contribution is 2.42. The van der Waals surface area contributed by atoms with E-state index >= 15 is 0 Å². The van der Waals surface area contributed by atoms with Gasteiger partial charge < -0.3 is 69.7 Å². The highest BCUT2D eigenvalue weighted by molar-refractivity contribution is 5.92. The van der Waals surface area contributed by atoms with Crippen LogP contribution in [0.3, 0.4) is 0 Å². The zero-order chi connectivity index (χ0) is 50.0. The van der Waals surface area contributed by atoms with E-state index in [1.165, 1.54) is 0 Å². The number of aromatic nitrogens is 1. The number of pyridine rings is 1. The van der Waals surface area contributed by atoms with Gasteiger partial charge in [-0.05, 0) is 104 Å². The molecule has 5 aliphatic heterocycles. The van der Waals surface area contributed by atoms with Gasteiger partial charge in [0.1, 0.15) is 23.9 Å². The summed E-state index contributed by atoms with van der Waals surface area (Å²) in [5.41, 5.74) is 4.84. The summed E-state index contributed by atoms with van der Waals surface area (Å²) >= 11 is 0. The molecule has 1 aromatic heterocycles. The molecule has 16 atom stereocenters. The first kappa shape index (κ1) is 54.0. The first-order chi connectivity index (χ1) is 32.0. The maximum absolute atomic E-state index is 14.1. The van der Waals surface area contributed by atoms with Crippen LogP contribution in [0, 0.1) is 17.8 Å². The number of benzene rings is 1. The van der Waals surface area contributed by atoms with E-state index in [4.69, 9.17) is 49.5 Å². The van der Waals surface area contributed by atoms with Gasteiger partial charge in [-0.1, -0.05) is 19.9 Å². The van der Waals surface area contributed by atoms with Crippen LogP contribution in [0.25, 0.3) is 10.9 Å². The summed E-state index contributed by atoms with van der Waals surface area (Å²) in [5, 5.41) is 32.7. The summed E-state index contributed by atoms with van der Waals surface area (Å²) in [5.74, 6) is 2.54. The van der Waals surface area contributed by atoms with Crippen molar-refractivity contribution in [3.8, 4) is 0 Å². The second-order valence-corrected chi connectivity index (χ2v) is 20.6. The van der Waals surface area contributed by atoms with Gasteiger partial charge in [0.15, 0.2) is 12.6 Å². The van der Waals surface area contributed by atoms with Crippen LogP contribution in [-0.4, -0.2) is 180 Å². The lowest BCUT2D eigenvalue weighted by atomic mass is 9.76. The van der Waals surface area contributed by atoms with E-state index < -0.39 is 95.7 Å². The van der Waals surface area contributed by atoms with Gasteiger partial charge in [0.05, 0.1) is 59.8 Å². The molecular weight excluding hydrogens is 883 g/mol. The largest absolute Gasteiger partial charge is 0.477 e. The Morgan fingerprint density at radius 1 is 0.941 bits per heavy atom. The number of carboxylic acid groups (broad SMARTS) is 1. The molecule has 5 fully saturated rings. The van der Waals surface area contributed by atoms with Crippen LogP contribution in [0.15, 0.2) is 29.2 Å². The van der Waals surface area contributed by atoms with E-state index in [-0.39, 0.29) is 41.5 Å². The molecule has 0 aliphatic carbocycles. The number of aliphatic hydroxyl groups excluding tert-OH is 2. The summed E-state index contributed by atoms with van der Waals surface area (Å²) in [6.07, 6.45) is -3.53. The number of carbonyl (C=O) groups excluding carboxylic acids is 1. The molecule has 2 bridgehead atoms. The van der Waals surface area contributed by atoms with Gasteiger partial charge in [0, 0.05) is 69.9 Å². The monoisotopic (exact) mass is 962 g/mol. The van der Waals surface area contributed by atoms with E-state index in [9.17, 15) is 29.7 Å². The van der Waals surface area contributed by atoms with Crippen LogP contribution in [0.4, 0.5) is 0 Å². The van der Waals surface area contributed by atoms with E-state index in [2.05, 4.69) is 9.80 Å². The number of rotatable bonds is 15. The highest BCUT2D eigenvalue weighted by Gasteiger charge is 2.53. The minimum atomic E-state index is -1.32. The number of carboxylic acids is 1. The number of carbonyl (C=O) groups is 2. The molecule has 384 valence electrons. The number of methoxy groups -OCH3 is 2. The summed E-state index contributed by atoms with van der Waals surface area (Å²) in [4.78, 5) is 42.8. The third-order valence-corrected chi connectivity index (χ3v) is 15.3. The standard InChI is InChI=1S/C49H79N5O14/c1-26-21-48(7,61-10)43(68-47-41(57)36(50)19-27(2)64-47)28(3)42(29(4)46(60)66-33-23-53(24-33)30(5)39(26)55)67-38-22-49(8,62-11)44(31(6)65-38)63-18-17-52(9)16-12-13-32-14-15-37-34(20-32)40(56)35(45(58)59)25-54(37)51/h14-15,20,25-31,33,36,38-39,41-44,47,55,57H,12-13,16-19,21-24,50-51H2,1-11H3,(H,58,59)/t26-,27-,28+,29-,30+,31+,36+,38+,39+,41-,42+,43-,44+,47+,48+,49-/m1/s1. The number of aromatic carboxylic acids is 1. The lowest BCUT2D eigenvalue weighted by Crippen LogP contribution is -2.63. The van der Waals surface area contributed by atoms with Crippen molar-refractivity contribution < 1.29 is 62.8 Å². The Balaban J connectivity index is 1.15. The molecular formula is C49H79N5O14. The van der Waals surface area contributed by atoms with Crippen LogP contribution in [0.2, 0.25) is 0 Å². The van der Waals surface area contributed by atoms with Gasteiger partial charge in [-0.2, -0.15) is 0 Å². The van der Waals surface area contributed by atoms with Crippen molar-refractivity contribution in [1.82, 2.24) is 14.5 Å². The fourth-order valence-electron chi connectivity index (χ4n) is 10.9. The van der Waals surface area contributed by atoms with E-state index in [1.807, 2.05) is 61.6 Å². The number of nitrogen functional groups attached to an aromatic ring is 1. The minimum Gasteiger partial charge on any atom is -0.477 e. The quantitative estimate of drug-likeness (QED) is 0.127. The van der Waals surface area contributed by atoms with Crippen LogP contribution in [0.1, 0.15) is 97.0 Å². The van der Waals surface area contributed by atoms with E-state index in [0.717, 1.165) is 29.4 Å². The van der Waals surface area contributed by atoms with Gasteiger partial charge in [0.2, 0.25) is 5.43 Å². The molecule has 19 heteroatoms. The Kier molecular flexibility index (Phi) is 17.8.